The Morgan fingerprint density at radius 1 is 0.923 bits per heavy atom. The summed E-state index contributed by atoms with van der Waals surface area (Å²) in [5, 5.41) is 2.92. The van der Waals surface area contributed by atoms with E-state index in [9.17, 15) is 4.79 Å². The molecule has 26 heavy (non-hydrogen) atoms. The topological polar surface area (TPSA) is 75.3 Å². The number of ether oxygens (including phenoxy) is 5. The van der Waals surface area contributed by atoms with Gasteiger partial charge in [0.25, 0.3) is 5.91 Å². The lowest BCUT2D eigenvalue weighted by molar-refractivity contribution is -0.229. The van der Waals surface area contributed by atoms with Crippen molar-refractivity contribution >= 4 is 11.6 Å². The van der Waals surface area contributed by atoms with Gasteiger partial charge in [-0.3, -0.25) is 4.79 Å². The number of rotatable bonds is 2. The molecule has 142 valence electrons. The van der Waals surface area contributed by atoms with Gasteiger partial charge in [-0.25, -0.2) is 0 Å². The zero-order valence-electron chi connectivity index (χ0n) is 15.6. The first-order valence-electron chi connectivity index (χ1n) is 8.88. The average molecular weight is 363 g/mol. The summed E-state index contributed by atoms with van der Waals surface area (Å²) < 4.78 is 29.7. The molecule has 1 aromatic rings. The summed E-state index contributed by atoms with van der Waals surface area (Å²) in [7, 11) is 0. The fraction of sp³-hybridized carbons (Fsp3) is 0.632. The van der Waals surface area contributed by atoms with Crippen LogP contribution in [0.1, 0.15) is 33.3 Å². The van der Waals surface area contributed by atoms with E-state index in [1.807, 2.05) is 58.9 Å². The van der Waals surface area contributed by atoms with Crippen LogP contribution in [0.2, 0.25) is 0 Å². The van der Waals surface area contributed by atoms with Crippen LogP contribution in [-0.2, 0) is 28.5 Å². The summed E-state index contributed by atoms with van der Waals surface area (Å²) in [6, 6.07) is 7.58. The molecule has 7 nitrogen and oxygen atoms in total. The lowest BCUT2D eigenvalue weighted by Crippen LogP contribution is -2.58. The molecule has 4 rings (SSSR count). The van der Waals surface area contributed by atoms with Crippen molar-refractivity contribution in [1.82, 2.24) is 0 Å². The standard InChI is InChI=1S/C19H25NO6/c1-10-8-6-7-9-11(10)20-16(21)14-12-13(24-18(2,3)23-12)15-17(22-14)26-19(4,5)25-15/h6-9,12-15,17H,1-5H3,(H,20,21)/t12-,13+,14+,15+,17-/m0/s1. The molecule has 3 aliphatic heterocycles. The minimum atomic E-state index is -0.861. The van der Waals surface area contributed by atoms with Crippen molar-refractivity contribution in [1.29, 1.82) is 0 Å². The molecule has 1 aromatic carbocycles. The number of anilines is 1. The van der Waals surface area contributed by atoms with Crippen LogP contribution in [0.3, 0.4) is 0 Å². The maximum Gasteiger partial charge on any atom is 0.256 e. The molecule has 0 bridgehead atoms. The highest BCUT2D eigenvalue weighted by molar-refractivity contribution is 5.95. The van der Waals surface area contributed by atoms with E-state index in [2.05, 4.69) is 5.32 Å². The zero-order chi connectivity index (χ0) is 18.7. The van der Waals surface area contributed by atoms with Crippen LogP contribution in [0.4, 0.5) is 5.69 Å². The minimum absolute atomic E-state index is 0.289. The Balaban J connectivity index is 1.59. The number of fused-ring (bicyclic) bond motifs is 3. The number of aryl methyl sites for hydroxylation is 1. The number of carbonyl (C=O) groups is 1. The summed E-state index contributed by atoms with van der Waals surface area (Å²) in [5.41, 5.74) is 1.71. The molecule has 0 aliphatic carbocycles. The van der Waals surface area contributed by atoms with Gasteiger partial charge in [-0.1, -0.05) is 18.2 Å². The van der Waals surface area contributed by atoms with E-state index < -0.39 is 42.3 Å². The second kappa shape index (κ2) is 6.00. The lowest BCUT2D eigenvalue weighted by atomic mass is 9.98. The van der Waals surface area contributed by atoms with Crippen LogP contribution >= 0.6 is 0 Å². The Morgan fingerprint density at radius 3 is 2.27 bits per heavy atom. The highest BCUT2D eigenvalue weighted by atomic mass is 16.9. The normalized spacial score (nSPS) is 37.0. The summed E-state index contributed by atoms with van der Waals surface area (Å²) in [4.78, 5) is 13.0. The van der Waals surface area contributed by atoms with Gasteiger partial charge >= 0.3 is 0 Å². The number of hydrogen-bond donors (Lipinski definition) is 1. The Morgan fingerprint density at radius 2 is 1.54 bits per heavy atom. The number of benzene rings is 1. The fourth-order valence-electron chi connectivity index (χ4n) is 3.74. The Hall–Kier alpha value is -1.51. The van der Waals surface area contributed by atoms with Crippen molar-refractivity contribution in [3.63, 3.8) is 0 Å². The molecule has 3 heterocycles. The summed E-state index contributed by atoms with van der Waals surface area (Å²) in [5.74, 6) is -1.93. The summed E-state index contributed by atoms with van der Waals surface area (Å²) >= 11 is 0. The third-order valence-corrected chi connectivity index (χ3v) is 4.82. The van der Waals surface area contributed by atoms with Crippen LogP contribution in [0.5, 0.6) is 0 Å². The molecule has 1 amide bonds. The molecule has 0 aromatic heterocycles. The third-order valence-electron chi connectivity index (χ3n) is 4.82. The SMILES string of the molecule is Cc1ccccc1NC(=O)[C@@H]1O[C@H]2OC(C)(C)O[C@@H]2[C@@H]2OC(C)(C)O[C@@H]21. The number of nitrogens with one attached hydrogen (secondary N) is 1. The van der Waals surface area contributed by atoms with Gasteiger partial charge in [0.05, 0.1) is 0 Å². The molecule has 3 aliphatic rings. The van der Waals surface area contributed by atoms with Crippen LogP contribution in [0, 0.1) is 6.92 Å². The minimum Gasteiger partial charge on any atom is -0.342 e. The van der Waals surface area contributed by atoms with Crippen LogP contribution in [0.15, 0.2) is 24.3 Å². The summed E-state index contributed by atoms with van der Waals surface area (Å²) in [6.45, 7) is 9.19. The predicted molar refractivity (Wildman–Crippen MR) is 92.3 cm³/mol. The molecule has 7 heteroatoms. The third kappa shape index (κ3) is 3.14. The number of para-hydroxylation sites is 1. The molecular weight excluding hydrogens is 338 g/mol. The number of carbonyl (C=O) groups excluding carboxylic acids is 1. The molecular formula is C19H25NO6. The molecule has 0 unspecified atom stereocenters. The van der Waals surface area contributed by atoms with Gasteiger partial charge in [-0.2, -0.15) is 0 Å². The van der Waals surface area contributed by atoms with Crippen LogP contribution < -0.4 is 5.32 Å². The molecule has 3 fully saturated rings. The van der Waals surface area contributed by atoms with Crippen molar-refractivity contribution in [2.24, 2.45) is 0 Å². The maximum absolute atomic E-state index is 13.0. The van der Waals surface area contributed by atoms with E-state index in [0.29, 0.717) is 0 Å². The van der Waals surface area contributed by atoms with E-state index in [4.69, 9.17) is 23.7 Å². The smallest absolute Gasteiger partial charge is 0.256 e. The van der Waals surface area contributed by atoms with Gasteiger partial charge in [0.2, 0.25) is 0 Å². The molecule has 5 atom stereocenters. The van der Waals surface area contributed by atoms with E-state index in [-0.39, 0.29) is 5.91 Å². The largest absolute Gasteiger partial charge is 0.342 e. The monoisotopic (exact) mass is 363 g/mol. The van der Waals surface area contributed by atoms with E-state index in [1.165, 1.54) is 0 Å². The Bertz CT molecular complexity index is 718. The van der Waals surface area contributed by atoms with E-state index in [0.717, 1.165) is 11.3 Å². The number of hydrogen-bond acceptors (Lipinski definition) is 6. The highest BCUT2D eigenvalue weighted by Crippen LogP contribution is 2.44. The van der Waals surface area contributed by atoms with E-state index in [1.54, 1.807) is 0 Å². The van der Waals surface area contributed by atoms with Gasteiger partial charge < -0.3 is 29.0 Å². The van der Waals surface area contributed by atoms with Crippen LogP contribution in [0.25, 0.3) is 0 Å². The molecule has 0 radical (unpaired) electrons. The van der Waals surface area contributed by atoms with Crippen molar-refractivity contribution in [2.75, 3.05) is 5.32 Å². The molecule has 3 saturated heterocycles. The van der Waals surface area contributed by atoms with Gasteiger partial charge in [-0.05, 0) is 46.2 Å². The van der Waals surface area contributed by atoms with Gasteiger partial charge in [0.1, 0.15) is 18.3 Å². The maximum atomic E-state index is 13.0. The molecule has 1 N–H and O–H groups in total. The predicted octanol–water partition coefficient (Wildman–Crippen LogP) is 2.33. The second-order valence-electron chi connectivity index (χ2n) is 7.89. The fourth-order valence-corrected chi connectivity index (χ4v) is 3.74. The first-order valence-corrected chi connectivity index (χ1v) is 8.88. The highest BCUT2D eigenvalue weighted by Gasteiger charge is 2.62. The second-order valence-corrected chi connectivity index (χ2v) is 7.89. The van der Waals surface area contributed by atoms with Gasteiger partial charge in [0, 0.05) is 5.69 Å². The van der Waals surface area contributed by atoms with Gasteiger partial charge in [-0.15, -0.1) is 0 Å². The quantitative estimate of drug-likeness (QED) is 0.869. The van der Waals surface area contributed by atoms with Crippen molar-refractivity contribution in [3.8, 4) is 0 Å². The Kier molecular flexibility index (Phi) is 4.13. The Labute approximate surface area is 152 Å². The molecule has 0 spiro atoms. The first-order chi connectivity index (χ1) is 12.2. The average Bonchev–Trinajstić information content (AvgIpc) is 3.02. The zero-order valence-corrected chi connectivity index (χ0v) is 15.6. The van der Waals surface area contributed by atoms with Crippen molar-refractivity contribution < 1.29 is 28.5 Å². The first kappa shape index (κ1) is 17.9. The van der Waals surface area contributed by atoms with Crippen LogP contribution in [-0.4, -0.2) is 48.2 Å². The molecule has 0 saturated carbocycles. The van der Waals surface area contributed by atoms with Gasteiger partial charge in [0.15, 0.2) is 24.0 Å². The van der Waals surface area contributed by atoms with E-state index >= 15 is 0 Å². The van der Waals surface area contributed by atoms with Crippen molar-refractivity contribution in [2.45, 2.75) is 76.9 Å². The number of amides is 1. The summed E-state index contributed by atoms with van der Waals surface area (Å²) in [6.07, 6.45) is -3.01. The van der Waals surface area contributed by atoms with Crippen molar-refractivity contribution in [3.05, 3.63) is 29.8 Å². The lowest BCUT2D eigenvalue weighted by Gasteiger charge is -2.36.